The molecule has 1 aromatic rings. The number of methoxy groups -OCH3 is 1. The van der Waals surface area contributed by atoms with Crippen molar-refractivity contribution in [1.29, 1.82) is 0 Å². The lowest BCUT2D eigenvalue weighted by Crippen LogP contribution is -2.41. The van der Waals surface area contributed by atoms with E-state index in [1.807, 2.05) is 0 Å². The van der Waals surface area contributed by atoms with E-state index in [-0.39, 0.29) is 23.5 Å². The van der Waals surface area contributed by atoms with Gasteiger partial charge in [-0.1, -0.05) is 18.7 Å². The molecule has 1 N–H and O–H groups in total. The van der Waals surface area contributed by atoms with Crippen LogP contribution in [-0.4, -0.2) is 61.5 Å². The first-order valence-electron chi connectivity index (χ1n) is 9.57. The number of nitrogens with one attached hydrogen (secondary N) is 1. The Labute approximate surface area is 179 Å². The van der Waals surface area contributed by atoms with Gasteiger partial charge in [-0.15, -0.1) is 0 Å². The molecule has 3 amide bonds. The zero-order valence-electron chi connectivity index (χ0n) is 16.7. The molecule has 3 rings (SSSR count). The molecule has 2 aliphatic heterocycles. The fraction of sp³-hybridized carbons (Fsp3) is 0.381. The first-order valence-corrected chi connectivity index (χ1v) is 10.4. The third-order valence-corrected chi connectivity index (χ3v) is 5.48. The summed E-state index contributed by atoms with van der Waals surface area (Å²) in [4.78, 5) is 38.2. The monoisotopic (exact) mass is 432 g/mol. The molecule has 0 bridgehead atoms. The second-order valence-electron chi connectivity index (χ2n) is 6.72. The van der Waals surface area contributed by atoms with Crippen LogP contribution in [0.15, 0.2) is 35.8 Å². The highest BCUT2D eigenvalue weighted by Gasteiger charge is 2.36. The van der Waals surface area contributed by atoms with E-state index < -0.39 is 11.1 Å². The number of hydrogen-bond acceptors (Lipinski definition) is 7. The summed E-state index contributed by atoms with van der Waals surface area (Å²) in [6.07, 6.45) is 5.08. The largest absolute Gasteiger partial charge is 0.493 e. The highest BCUT2D eigenvalue weighted by atomic mass is 32.2. The molecule has 0 aliphatic carbocycles. The maximum absolute atomic E-state index is 12.6. The normalized spacial score (nSPS) is 20.0. The van der Waals surface area contributed by atoms with Gasteiger partial charge in [0, 0.05) is 13.2 Å². The van der Waals surface area contributed by atoms with Crippen molar-refractivity contribution < 1.29 is 28.6 Å². The summed E-state index contributed by atoms with van der Waals surface area (Å²) in [5, 5.41) is 2.24. The number of hydrogen-bond donors (Lipinski definition) is 1. The Morgan fingerprint density at radius 1 is 1.40 bits per heavy atom. The molecule has 0 radical (unpaired) electrons. The molecule has 0 aromatic heterocycles. The first kappa shape index (κ1) is 21.9. The number of imide groups is 1. The van der Waals surface area contributed by atoms with Crippen molar-refractivity contribution in [3.63, 3.8) is 0 Å². The van der Waals surface area contributed by atoms with Gasteiger partial charge in [-0.2, -0.15) is 0 Å². The van der Waals surface area contributed by atoms with Gasteiger partial charge >= 0.3 is 0 Å². The molecule has 160 valence electrons. The van der Waals surface area contributed by atoms with E-state index in [4.69, 9.17) is 14.2 Å². The van der Waals surface area contributed by atoms with Gasteiger partial charge in [0.25, 0.3) is 11.1 Å². The molecular weight excluding hydrogens is 408 g/mol. The van der Waals surface area contributed by atoms with Gasteiger partial charge in [0.2, 0.25) is 5.91 Å². The van der Waals surface area contributed by atoms with E-state index in [0.29, 0.717) is 36.8 Å². The average Bonchev–Trinajstić information content (AvgIpc) is 3.35. The quantitative estimate of drug-likeness (QED) is 0.473. The van der Waals surface area contributed by atoms with Crippen molar-refractivity contribution in [2.24, 2.45) is 0 Å². The molecule has 0 unspecified atom stereocenters. The molecule has 0 spiro atoms. The molecule has 9 heteroatoms. The van der Waals surface area contributed by atoms with Crippen molar-refractivity contribution in [1.82, 2.24) is 10.2 Å². The van der Waals surface area contributed by atoms with Crippen LogP contribution in [0.3, 0.4) is 0 Å². The van der Waals surface area contributed by atoms with Gasteiger partial charge in [0.1, 0.15) is 13.2 Å². The zero-order chi connectivity index (χ0) is 21.5. The van der Waals surface area contributed by atoms with Crippen LogP contribution in [0, 0.1) is 0 Å². The van der Waals surface area contributed by atoms with Crippen LogP contribution in [0.25, 0.3) is 6.08 Å². The molecule has 2 fully saturated rings. The summed E-state index contributed by atoms with van der Waals surface area (Å²) in [6.45, 7) is 4.70. The molecule has 1 atom stereocenters. The molecule has 30 heavy (non-hydrogen) atoms. The van der Waals surface area contributed by atoms with Crippen LogP contribution in [0.1, 0.15) is 18.4 Å². The molecule has 2 saturated heterocycles. The average molecular weight is 432 g/mol. The fourth-order valence-corrected chi connectivity index (χ4v) is 3.90. The fourth-order valence-electron chi connectivity index (χ4n) is 3.06. The number of rotatable bonds is 9. The lowest BCUT2D eigenvalue weighted by atomic mass is 10.2. The molecule has 2 aliphatic rings. The van der Waals surface area contributed by atoms with Gasteiger partial charge in [0.15, 0.2) is 11.5 Å². The summed E-state index contributed by atoms with van der Waals surface area (Å²) >= 11 is 0.802. The molecule has 0 saturated carbocycles. The van der Waals surface area contributed by atoms with Crippen LogP contribution >= 0.6 is 11.8 Å². The van der Waals surface area contributed by atoms with E-state index in [1.165, 1.54) is 7.11 Å². The van der Waals surface area contributed by atoms with Crippen LogP contribution in [0.4, 0.5) is 4.79 Å². The van der Waals surface area contributed by atoms with Crippen molar-refractivity contribution in [3.05, 3.63) is 41.3 Å². The van der Waals surface area contributed by atoms with E-state index in [2.05, 4.69) is 11.9 Å². The second-order valence-corrected chi connectivity index (χ2v) is 7.71. The summed E-state index contributed by atoms with van der Waals surface area (Å²) < 4.78 is 16.3. The minimum atomic E-state index is -0.497. The number of amides is 3. The summed E-state index contributed by atoms with van der Waals surface area (Å²) in [6, 6.07) is 5.18. The lowest BCUT2D eigenvalue weighted by molar-refractivity contribution is -0.129. The number of benzene rings is 1. The molecule has 8 nitrogen and oxygen atoms in total. The van der Waals surface area contributed by atoms with Gasteiger partial charge in [-0.25, -0.2) is 0 Å². The number of carbonyl (C=O) groups excluding carboxylic acids is 3. The lowest BCUT2D eigenvalue weighted by Gasteiger charge is -2.14. The van der Waals surface area contributed by atoms with E-state index >= 15 is 0 Å². The Hall–Kier alpha value is -2.78. The maximum Gasteiger partial charge on any atom is 0.294 e. The smallest absolute Gasteiger partial charge is 0.294 e. The number of ether oxygens (including phenoxy) is 3. The topological polar surface area (TPSA) is 94.2 Å². The SMILES string of the molecule is C=CCOc1ccc(/C=C2\SC(=O)N(CC(=O)NC[C@@H]3CCCO3)C2=O)cc1OC. The van der Waals surface area contributed by atoms with E-state index in [9.17, 15) is 14.4 Å². The highest BCUT2D eigenvalue weighted by Crippen LogP contribution is 2.34. The van der Waals surface area contributed by atoms with Crippen LogP contribution in [0.2, 0.25) is 0 Å². The maximum atomic E-state index is 12.6. The summed E-state index contributed by atoms with van der Waals surface area (Å²) in [5.74, 6) is 0.159. The van der Waals surface area contributed by atoms with Crippen molar-refractivity contribution in [3.8, 4) is 11.5 Å². The van der Waals surface area contributed by atoms with Gasteiger partial charge in [-0.05, 0) is 48.4 Å². The number of carbonyl (C=O) groups is 3. The van der Waals surface area contributed by atoms with Crippen molar-refractivity contribution in [2.45, 2.75) is 18.9 Å². The number of nitrogens with zero attached hydrogens (tertiary/aromatic N) is 1. The van der Waals surface area contributed by atoms with E-state index in [1.54, 1.807) is 30.4 Å². The second kappa shape index (κ2) is 10.3. The van der Waals surface area contributed by atoms with E-state index in [0.717, 1.165) is 29.5 Å². The van der Waals surface area contributed by atoms with Gasteiger partial charge < -0.3 is 19.5 Å². The Morgan fingerprint density at radius 2 is 2.23 bits per heavy atom. The predicted octanol–water partition coefficient (Wildman–Crippen LogP) is 2.59. The summed E-state index contributed by atoms with van der Waals surface area (Å²) in [7, 11) is 1.52. The Morgan fingerprint density at radius 3 is 2.93 bits per heavy atom. The molecular formula is C21H24N2O6S. The third kappa shape index (κ3) is 5.43. The predicted molar refractivity (Wildman–Crippen MR) is 113 cm³/mol. The highest BCUT2D eigenvalue weighted by molar-refractivity contribution is 8.18. The molecule has 1 aromatic carbocycles. The Balaban J connectivity index is 1.63. The Bertz CT molecular complexity index is 863. The first-order chi connectivity index (χ1) is 14.5. The van der Waals surface area contributed by atoms with Crippen LogP contribution < -0.4 is 14.8 Å². The zero-order valence-corrected chi connectivity index (χ0v) is 17.5. The standard InChI is InChI=1S/C21H24N2O6S/c1-3-8-29-16-7-6-14(10-17(16)27-2)11-18-20(25)23(21(26)30-18)13-19(24)22-12-15-5-4-9-28-15/h3,6-7,10-11,15H,1,4-5,8-9,12-13H2,2H3,(H,22,24)/b18-11-/t15-/m0/s1. The van der Waals surface area contributed by atoms with Gasteiger partial charge in [-0.3, -0.25) is 19.3 Å². The van der Waals surface area contributed by atoms with Gasteiger partial charge in [0.05, 0.1) is 18.1 Å². The van der Waals surface area contributed by atoms with Crippen LogP contribution in [-0.2, 0) is 14.3 Å². The minimum Gasteiger partial charge on any atom is -0.493 e. The van der Waals surface area contributed by atoms with Crippen LogP contribution in [0.5, 0.6) is 11.5 Å². The molecule has 2 heterocycles. The van der Waals surface area contributed by atoms with Crippen molar-refractivity contribution in [2.75, 3.05) is 33.4 Å². The third-order valence-electron chi connectivity index (χ3n) is 4.57. The summed E-state index contributed by atoms with van der Waals surface area (Å²) in [5.41, 5.74) is 0.672. The minimum absolute atomic E-state index is 0.00262. The Kier molecular flexibility index (Phi) is 7.53. The van der Waals surface area contributed by atoms with Crippen molar-refractivity contribution >= 4 is 34.9 Å². The number of thioether (sulfide) groups is 1.